The fourth-order valence-electron chi connectivity index (χ4n) is 2.95. The molecule has 1 fully saturated rings. The van der Waals surface area contributed by atoms with Crippen molar-refractivity contribution in [1.82, 2.24) is 4.90 Å². The third-order valence-electron chi connectivity index (χ3n) is 4.55. The molecule has 0 aliphatic carbocycles. The van der Waals surface area contributed by atoms with E-state index in [0.29, 0.717) is 44.9 Å². The Hall–Kier alpha value is -3.79. The summed E-state index contributed by atoms with van der Waals surface area (Å²) in [7, 11) is 2.76. The van der Waals surface area contributed by atoms with Crippen LogP contribution < -0.4 is 9.47 Å². The summed E-state index contributed by atoms with van der Waals surface area (Å²) in [5, 5.41) is 9.31. The molecule has 0 bridgehead atoms. The van der Waals surface area contributed by atoms with Gasteiger partial charge in [-0.25, -0.2) is 14.6 Å². The van der Waals surface area contributed by atoms with Crippen molar-refractivity contribution in [2.45, 2.75) is 6.92 Å². The number of rotatable bonds is 8. The zero-order valence-electron chi connectivity index (χ0n) is 18.2. The quantitative estimate of drug-likeness (QED) is 0.460. The van der Waals surface area contributed by atoms with Crippen molar-refractivity contribution in [1.29, 1.82) is 0 Å². The van der Waals surface area contributed by atoms with Crippen molar-refractivity contribution in [3.63, 3.8) is 0 Å². The number of thioether (sulfide) groups is 1. The number of carbonyl (C=O) groups excluding carboxylic acids is 2. The number of amidine groups is 1. The summed E-state index contributed by atoms with van der Waals surface area (Å²) >= 11 is 1.23. The van der Waals surface area contributed by atoms with Crippen LogP contribution in [0.4, 0.5) is 5.69 Å². The molecule has 1 aliphatic heterocycles. The number of carboxylic acids is 1. The number of ether oxygens (including phenoxy) is 3. The minimum absolute atomic E-state index is 0.183. The van der Waals surface area contributed by atoms with Crippen LogP contribution in [0.25, 0.3) is 6.08 Å². The third-order valence-corrected chi connectivity index (χ3v) is 5.56. The number of hydrogen-bond acceptors (Lipinski definition) is 8. The van der Waals surface area contributed by atoms with Gasteiger partial charge in [0, 0.05) is 6.54 Å². The average molecular weight is 471 g/mol. The molecule has 1 N–H and O–H groups in total. The van der Waals surface area contributed by atoms with E-state index >= 15 is 0 Å². The summed E-state index contributed by atoms with van der Waals surface area (Å²) < 4.78 is 15.2. The highest BCUT2D eigenvalue weighted by molar-refractivity contribution is 8.18. The molecule has 1 saturated heterocycles. The van der Waals surface area contributed by atoms with E-state index in [1.165, 1.54) is 26.0 Å². The Bertz CT molecular complexity index is 1130. The SMILES string of the molecule is CCN1C(=O)/C(=C\c2ccc(OCC(=O)O)c(OC)c2)SC1=Nc1ccc(C(=O)OC)cc1. The van der Waals surface area contributed by atoms with Gasteiger partial charge in [0.1, 0.15) is 0 Å². The van der Waals surface area contributed by atoms with Crippen LogP contribution in [0.2, 0.25) is 0 Å². The van der Waals surface area contributed by atoms with E-state index in [2.05, 4.69) is 4.99 Å². The van der Waals surface area contributed by atoms with E-state index < -0.39 is 18.5 Å². The molecule has 9 nitrogen and oxygen atoms in total. The molecule has 10 heteroatoms. The highest BCUT2D eigenvalue weighted by Gasteiger charge is 2.32. The number of nitrogens with zero attached hydrogens (tertiary/aromatic N) is 2. The highest BCUT2D eigenvalue weighted by Crippen LogP contribution is 2.35. The second-order valence-corrected chi connectivity index (χ2v) is 7.69. The fraction of sp³-hybridized carbons (Fsp3) is 0.217. The van der Waals surface area contributed by atoms with Crippen LogP contribution in [0, 0.1) is 0 Å². The standard InChI is InChI=1S/C23H22N2O7S/c1-4-25-21(28)19(12-14-5-10-17(18(11-14)30-2)32-13-20(26)27)33-23(25)24-16-8-6-15(7-9-16)22(29)31-3/h5-12H,4,13H2,1-3H3,(H,26,27)/b19-12+,24-23?. The molecule has 1 aliphatic rings. The number of hydrogen-bond donors (Lipinski definition) is 1. The van der Waals surface area contributed by atoms with Gasteiger partial charge in [0.2, 0.25) is 0 Å². The van der Waals surface area contributed by atoms with E-state index in [1.54, 1.807) is 53.4 Å². The van der Waals surface area contributed by atoms with Gasteiger partial charge in [-0.15, -0.1) is 0 Å². The molecule has 172 valence electrons. The van der Waals surface area contributed by atoms with Gasteiger partial charge in [0.25, 0.3) is 5.91 Å². The van der Waals surface area contributed by atoms with Gasteiger partial charge in [-0.2, -0.15) is 0 Å². The third kappa shape index (κ3) is 5.72. The zero-order valence-corrected chi connectivity index (χ0v) is 19.0. The predicted octanol–water partition coefficient (Wildman–Crippen LogP) is 3.57. The molecule has 1 amide bonds. The first-order valence-electron chi connectivity index (χ1n) is 9.87. The van der Waals surface area contributed by atoms with Crippen molar-refractivity contribution in [3.05, 3.63) is 58.5 Å². The molecule has 0 radical (unpaired) electrons. The first-order chi connectivity index (χ1) is 15.9. The maximum atomic E-state index is 12.9. The summed E-state index contributed by atoms with van der Waals surface area (Å²) in [6.07, 6.45) is 1.71. The molecule has 2 aromatic rings. The van der Waals surface area contributed by atoms with Crippen molar-refractivity contribution in [3.8, 4) is 11.5 Å². The number of carboxylic acid groups (broad SMARTS) is 1. The number of esters is 1. The van der Waals surface area contributed by atoms with Crippen molar-refractivity contribution < 1.29 is 33.7 Å². The first kappa shape index (κ1) is 23.9. The van der Waals surface area contributed by atoms with E-state index in [-0.39, 0.29) is 5.91 Å². The molecule has 0 unspecified atom stereocenters. The minimum Gasteiger partial charge on any atom is -0.493 e. The molecule has 3 rings (SSSR count). The highest BCUT2D eigenvalue weighted by atomic mass is 32.2. The maximum absolute atomic E-state index is 12.9. The lowest BCUT2D eigenvalue weighted by Crippen LogP contribution is -2.28. The number of methoxy groups -OCH3 is 2. The van der Waals surface area contributed by atoms with Gasteiger partial charge in [0.15, 0.2) is 23.3 Å². The zero-order chi connectivity index (χ0) is 24.0. The Kier molecular flexibility index (Phi) is 7.73. The molecule has 2 aromatic carbocycles. The number of amides is 1. The van der Waals surface area contributed by atoms with Crippen molar-refractivity contribution in [2.75, 3.05) is 27.4 Å². The molecule has 0 atom stereocenters. The van der Waals surface area contributed by atoms with E-state index in [1.807, 2.05) is 6.92 Å². The normalized spacial score (nSPS) is 15.7. The first-order valence-corrected chi connectivity index (χ1v) is 10.7. The van der Waals surface area contributed by atoms with Gasteiger partial charge in [-0.05, 0) is 66.7 Å². The van der Waals surface area contributed by atoms with Crippen molar-refractivity contribution in [2.24, 2.45) is 4.99 Å². The largest absolute Gasteiger partial charge is 0.493 e. The molecule has 0 spiro atoms. The molecular formula is C23H22N2O7S. The van der Waals surface area contributed by atoms with Crippen LogP contribution in [0.5, 0.6) is 11.5 Å². The predicted molar refractivity (Wildman–Crippen MR) is 124 cm³/mol. The van der Waals surface area contributed by atoms with Crippen LogP contribution >= 0.6 is 11.8 Å². The Balaban J connectivity index is 1.85. The summed E-state index contributed by atoms with van der Waals surface area (Å²) in [5.41, 5.74) is 1.69. The second kappa shape index (κ2) is 10.7. The van der Waals surface area contributed by atoms with Gasteiger partial charge < -0.3 is 19.3 Å². The van der Waals surface area contributed by atoms with E-state index in [0.717, 1.165) is 0 Å². The van der Waals surface area contributed by atoms with Crippen LogP contribution in [-0.4, -0.2) is 60.4 Å². The molecule has 0 saturated carbocycles. The fourth-order valence-corrected chi connectivity index (χ4v) is 4.02. The number of aliphatic imine (C=N–C) groups is 1. The maximum Gasteiger partial charge on any atom is 0.341 e. The summed E-state index contributed by atoms with van der Waals surface area (Å²) in [5.74, 6) is -1.07. The number of aliphatic carboxylic acids is 1. The monoisotopic (exact) mass is 470 g/mol. The molecular weight excluding hydrogens is 448 g/mol. The van der Waals surface area contributed by atoms with Crippen LogP contribution in [-0.2, 0) is 14.3 Å². The lowest BCUT2D eigenvalue weighted by molar-refractivity contribution is -0.139. The molecule has 1 heterocycles. The van der Waals surface area contributed by atoms with Crippen molar-refractivity contribution >= 4 is 46.5 Å². The van der Waals surface area contributed by atoms with Gasteiger partial charge >= 0.3 is 11.9 Å². The van der Waals surface area contributed by atoms with E-state index in [4.69, 9.17) is 19.3 Å². The lowest BCUT2D eigenvalue weighted by atomic mass is 10.2. The number of benzene rings is 2. The van der Waals surface area contributed by atoms with Gasteiger partial charge in [0.05, 0.1) is 30.4 Å². The Morgan fingerprint density at radius 1 is 1.12 bits per heavy atom. The van der Waals surface area contributed by atoms with Crippen LogP contribution in [0.3, 0.4) is 0 Å². The molecule has 33 heavy (non-hydrogen) atoms. The smallest absolute Gasteiger partial charge is 0.341 e. The van der Waals surface area contributed by atoms with Crippen LogP contribution in [0.15, 0.2) is 52.4 Å². The number of likely N-dealkylation sites (N-methyl/N-ethyl adjacent to an activating group) is 1. The lowest BCUT2D eigenvalue weighted by Gasteiger charge is -2.12. The van der Waals surface area contributed by atoms with Gasteiger partial charge in [-0.1, -0.05) is 6.07 Å². The number of carbonyl (C=O) groups is 3. The summed E-state index contributed by atoms with van der Waals surface area (Å²) in [4.78, 5) is 41.8. The second-order valence-electron chi connectivity index (χ2n) is 6.69. The average Bonchev–Trinajstić information content (AvgIpc) is 3.11. The minimum atomic E-state index is -1.09. The summed E-state index contributed by atoms with van der Waals surface area (Å²) in [6.45, 7) is 1.81. The van der Waals surface area contributed by atoms with E-state index in [9.17, 15) is 14.4 Å². The molecule has 0 aromatic heterocycles. The Morgan fingerprint density at radius 3 is 2.45 bits per heavy atom. The van der Waals surface area contributed by atoms with Gasteiger partial charge in [-0.3, -0.25) is 9.69 Å². The Labute approximate surface area is 194 Å². The summed E-state index contributed by atoms with van der Waals surface area (Å²) in [6, 6.07) is 11.5. The Morgan fingerprint density at radius 2 is 1.85 bits per heavy atom. The van der Waals surface area contributed by atoms with Crippen LogP contribution in [0.1, 0.15) is 22.8 Å². The topological polar surface area (TPSA) is 115 Å².